The van der Waals surface area contributed by atoms with Gasteiger partial charge in [0, 0.05) is 57.5 Å². The molecular weight excluding hydrogens is 486 g/mol. The van der Waals surface area contributed by atoms with Crippen molar-refractivity contribution >= 4 is 32.7 Å². The Labute approximate surface area is 211 Å². The van der Waals surface area contributed by atoms with E-state index in [1.807, 2.05) is 13.8 Å². The van der Waals surface area contributed by atoms with Crippen molar-refractivity contribution in [3.05, 3.63) is 30.1 Å². The molecule has 0 spiro atoms. The van der Waals surface area contributed by atoms with Crippen LogP contribution in [0, 0.1) is 11.8 Å². The number of rotatable bonds is 7. The summed E-state index contributed by atoms with van der Waals surface area (Å²) >= 11 is 0. The topological polar surface area (TPSA) is 137 Å². The Hall–Kier alpha value is -2.70. The number of sulfonamides is 1. The third kappa shape index (κ3) is 5.21. The van der Waals surface area contributed by atoms with Crippen molar-refractivity contribution in [2.24, 2.45) is 11.8 Å². The van der Waals surface area contributed by atoms with Gasteiger partial charge in [-0.2, -0.15) is 4.31 Å². The van der Waals surface area contributed by atoms with Crippen LogP contribution in [0.15, 0.2) is 24.5 Å². The lowest BCUT2D eigenvalue weighted by atomic mass is 9.91. The quantitative estimate of drug-likeness (QED) is 0.527. The van der Waals surface area contributed by atoms with Crippen molar-refractivity contribution in [1.82, 2.24) is 24.4 Å². The molecule has 4 heterocycles. The number of hydrogen-bond acceptors (Lipinski definition) is 8. The first-order valence-corrected chi connectivity index (χ1v) is 13.8. The zero-order valence-electron chi connectivity index (χ0n) is 20.6. The number of carbonyl (C=O) groups excluding carboxylic acids is 4. The molecule has 2 amide bonds. The van der Waals surface area contributed by atoms with Crippen LogP contribution in [-0.2, 0) is 24.4 Å². The standard InChI is InChI=1S/C24H33N5O6S/c1-16(2)12-18(13-21(31)27-10-7-25-8-11-27)23(32)28-9-5-19-22(28)20(30)15-29(19)36(34,35)24(33)17-4-3-6-26-14-17/h3-4,6,14,16,18-19,22,25H,5,7-13,15H2,1-2H3. The predicted molar refractivity (Wildman–Crippen MR) is 130 cm³/mol. The number of piperazine rings is 1. The summed E-state index contributed by atoms with van der Waals surface area (Å²) in [4.78, 5) is 59.3. The van der Waals surface area contributed by atoms with Crippen molar-refractivity contribution in [3.8, 4) is 0 Å². The van der Waals surface area contributed by atoms with Gasteiger partial charge in [-0.25, -0.2) is 8.42 Å². The predicted octanol–water partition coefficient (Wildman–Crippen LogP) is -0.110. The van der Waals surface area contributed by atoms with Gasteiger partial charge in [-0.05, 0) is 30.9 Å². The average Bonchev–Trinajstić information content (AvgIpc) is 3.45. The lowest BCUT2D eigenvalue weighted by Gasteiger charge is -2.31. The van der Waals surface area contributed by atoms with E-state index in [0.29, 0.717) is 32.6 Å². The van der Waals surface area contributed by atoms with Gasteiger partial charge in [0.1, 0.15) is 6.04 Å². The van der Waals surface area contributed by atoms with E-state index in [1.54, 1.807) is 4.90 Å². The summed E-state index contributed by atoms with van der Waals surface area (Å²) in [7, 11) is -4.47. The second kappa shape index (κ2) is 10.7. The fourth-order valence-electron chi connectivity index (χ4n) is 5.41. The molecule has 36 heavy (non-hydrogen) atoms. The Morgan fingerprint density at radius 1 is 1.17 bits per heavy atom. The van der Waals surface area contributed by atoms with Crippen LogP contribution < -0.4 is 5.32 Å². The number of nitrogens with zero attached hydrogens (tertiary/aromatic N) is 4. The highest BCUT2D eigenvalue weighted by Gasteiger charge is 2.55. The highest BCUT2D eigenvalue weighted by Crippen LogP contribution is 2.34. The van der Waals surface area contributed by atoms with Crippen LogP contribution in [0.4, 0.5) is 0 Å². The van der Waals surface area contributed by atoms with Gasteiger partial charge in [0.25, 0.3) is 15.1 Å². The number of fused-ring (bicyclic) bond motifs is 1. The molecule has 1 aromatic rings. The fraction of sp³-hybridized carbons (Fsp3) is 0.625. The van der Waals surface area contributed by atoms with E-state index in [2.05, 4.69) is 10.3 Å². The van der Waals surface area contributed by atoms with Crippen molar-refractivity contribution in [2.75, 3.05) is 39.3 Å². The largest absolute Gasteiger partial charge is 0.340 e. The van der Waals surface area contributed by atoms with E-state index in [4.69, 9.17) is 0 Å². The number of nitrogens with one attached hydrogen (secondary N) is 1. The summed E-state index contributed by atoms with van der Waals surface area (Å²) in [5.74, 6) is -1.24. The van der Waals surface area contributed by atoms with Gasteiger partial charge in [0.2, 0.25) is 11.8 Å². The smallest absolute Gasteiger partial charge is 0.293 e. The Morgan fingerprint density at radius 2 is 1.89 bits per heavy atom. The minimum Gasteiger partial charge on any atom is -0.340 e. The Kier molecular flexibility index (Phi) is 7.86. The van der Waals surface area contributed by atoms with Gasteiger partial charge in [-0.3, -0.25) is 24.2 Å². The number of hydrogen-bond donors (Lipinski definition) is 1. The molecule has 3 unspecified atom stereocenters. The minimum atomic E-state index is -4.47. The summed E-state index contributed by atoms with van der Waals surface area (Å²) < 4.78 is 27.2. The molecule has 0 radical (unpaired) electrons. The Bertz CT molecular complexity index is 1120. The zero-order valence-corrected chi connectivity index (χ0v) is 21.4. The minimum absolute atomic E-state index is 0.0561. The van der Waals surface area contributed by atoms with E-state index in [1.165, 1.54) is 29.4 Å². The third-order valence-electron chi connectivity index (χ3n) is 7.10. The van der Waals surface area contributed by atoms with Crippen LogP contribution >= 0.6 is 0 Å². The summed E-state index contributed by atoms with van der Waals surface area (Å²) in [6.45, 7) is 6.29. The maximum atomic E-state index is 13.6. The molecule has 3 fully saturated rings. The monoisotopic (exact) mass is 519 g/mol. The summed E-state index contributed by atoms with van der Waals surface area (Å²) in [6, 6.07) is 1.08. The van der Waals surface area contributed by atoms with Gasteiger partial charge in [-0.1, -0.05) is 13.8 Å². The van der Waals surface area contributed by atoms with E-state index in [0.717, 1.165) is 4.31 Å². The summed E-state index contributed by atoms with van der Waals surface area (Å²) in [5, 5.41) is 2.08. The highest BCUT2D eigenvalue weighted by molar-refractivity contribution is 8.04. The van der Waals surface area contributed by atoms with Gasteiger partial charge < -0.3 is 15.1 Å². The molecule has 3 saturated heterocycles. The van der Waals surface area contributed by atoms with Gasteiger partial charge in [0.15, 0.2) is 5.78 Å². The van der Waals surface area contributed by atoms with Crippen molar-refractivity contribution in [1.29, 1.82) is 0 Å². The molecular formula is C24H33N5O6S. The van der Waals surface area contributed by atoms with Crippen molar-refractivity contribution in [3.63, 3.8) is 0 Å². The fourth-order valence-corrected chi connectivity index (χ4v) is 6.91. The maximum Gasteiger partial charge on any atom is 0.293 e. The number of amides is 2. The molecule has 3 atom stereocenters. The molecule has 0 bridgehead atoms. The molecule has 12 heteroatoms. The van der Waals surface area contributed by atoms with Crippen LogP contribution in [0.1, 0.15) is 43.5 Å². The third-order valence-corrected chi connectivity index (χ3v) is 8.82. The number of aromatic nitrogens is 1. The maximum absolute atomic E-state index is 13.6. The normalized spacial score (nSPS) is 23.7. The van der Waals surface area contributed by atoms with E-state index >= 15 is 0 Å². The summed E-state index contributed by atoms with van der Waals surface area (Å²) in [6.07, 6.45) is 3.40. The molecule has 3 aliphatic rings. The zero-order chi connectivity index (χ0) is 26.0. The Morgan fingerprint density at radius 3 is 2.53 bits per heavy atom. The van der Waals surface area contributed by atoms with Gasteiger partial charge in [-0.15, -0.1) is 0 Å². The second-order valence-corrected chi connectivity index (χ2v) is 11.8. The molecule has 0 saturated carbocycles. The SMILES string of the molecule is CC(C)CC(CC(=O)N1CCNCC1)C(=O)N1CCC2C1C(=O)CN2S(=O)(=O)C(=O)c1cccnc1. The molecule has 0 aromatic carbocycles. The van der Waals surface area contributed by atoms with Crippen LogP contribution in [0.25, 0.3) is 0 Å². The molecule has 0 aliphatic carbocycles. The number of ketones is 1. The number of likely N-dealkylation sites (tertiary alicyclic amines) is 1. The highest BCUT2D eigenvalue weighted by atomic mass is 32.2. The van der Waals surface area contributed by atoms with E-state index in [9.17, 15) is 27.6 Å². The first-order valence-electron chi connectivity index (χ1n) is 12.4. The van der Waals surface area contributed by atoms with Crippen LogP contribution in [0.3, 0.4) is 0 Å². The first kappa shape index (κ1) is 26.4. The molecule has 196 valence electrons. The van der Waals surface area contributed by atoms with Crippen LogP contribution in [0.5, 0.6) is 0 Å². The first-order chi connectivity index (χ1) is 17.1. The van der Waals surface area contributed by atoms with Crippen LogP contribution in [0.2, 0.25) is 0 Å². The van der Waals surface area contributed by atoms with Crippen molar-refractivity contribution in [2.45, 2.75) is 45.2 Å². The van der Waals surface area contributed by atoms with Crippen molar-refractivity contribution < 1.29 is 27.6 Å². The van der Waals surface area contributed by atoms with Gasteiger partial charge >= 0.3 is 0 Å². The molecule has 11 nitrogen and oxygen atoms in total. The molecule has 1 aromatic heterocycles. The number of pyridine rings is 1. The average molecular weight is 520 g/mol. The van der Waals surface area contributed by atoms with E-state index < -0.39 is 45.5 Å². The molecule has 3 aliphatic heterocycles. The lowest BCUT2D eigenvalue weighted by Crippen LogP contribution is -2.49. The van der Waals surface area contributed by atoms with E-state index in [-0.39, 0.29) is 42.7 Å². The molecule has 1 N–H and O–H groups in total. The molecule has 4 rings (SSSR count). The Balaban J connectivity index is 1.51. The van der Waals surface area contributed by atoms with Crippen LogP contribution in [-0.4, -0.2) is 102 Å². The van der Waals surface area contributed by atoms with Gasteiger partial charge in [0.05, 0.1) is 18.2 Å². The summed E-state index contributed by atoms with van der Waals surface area (Å²) in [5.41, 5.74) is -0.0808. The number of Topliss-reactive ketones (excluding diaryl/α,β-unsaturated/α-hetero) is 1. The lowest BCUT2D eigenvalue weighted by molar-refractivity contribution is -0.144. The number of carbonyl (C=O) groups is 4. The second-order valence-electron chi connectivity index (χ2n) is 10.0.